The van der Waals surface area contributed by atoms with Crippen molar-refractivity contribution in [2.24, 2.45) is 7.05 Å². The summed E-state index contributed by atoms with van der Waals surface area (Å²) in [6.07, 6.45) is 0. The normalized spacial score (nSPS) is 12.4. The number of aryl methyl sites for hydroxylation is 1. The number of nitrogens with zero attached hydrogens (tertiary/aromatic N) is 1. The molecule has 3 heteroatoms. The second-order valence-electron chi connectivity index (χ2n) is 7.19. The van der Waals surface area contributed by atoms with Crippen LogP contribution < -0.4 is 0 Å². The summed E-state index contributed by atoms with van der Waals surface area (Å²) >= 11 is 0. The van der Waals surface area contributed by atoms with Crippen LogP contribution in [-0.2, 0) is 12.5 Å². The summed E-state index contributed by atoms with van der Waals surface area (Å²) in [5.74, 6) is -0.493. The summed E-state index contributed by atoms with van der Waals surface area (Å²) in [6, 6.07) is 4.00. The van der Waals surface area contributed by atoms with Gasteiger partial charge in [-0.15, -0.1) is 0 Å². The number of fused-ring (bicyclic) bond motifs is 1. The van der Waals surface area contributed by atoms with Gasteiger partial charge in [0.1, 0.15) is 0 Å². The first-order valence-corrected chi connectivity index (χ1v) is 7.42. The Hall–Kier alpha value is -1.77. The zero-order valence-corrected chi connectivity index (χ0v) is 14.0. The smallest absolute Gasteiger partial charge is 0.337 e. The monoisotopic (exact) mass is 287 g/mol. The van der Waals surface area contributed by atoms with Crippen molar-refractivity contribution in [3.8, 4) is 0 Å². The van der Waals surface area contributed by atoms with Gasteiger partial charge in [0.2, 0.25) is 0 Å². The van der Waals surface area contributed by atoms with Gasteiger partial charge in [0.15, 0.2) is 0 Å². The summed E-state index contributed by atoms with van der Waals surface area (Å²) < 4.78 is 2.01. The minimum Gasteiger partial charge on any atom is -0.478 e. The third-order valence-electron chi connectivity index (χ3n) is 4.30. The number of aromatic carboxylic acids is 1. The number of hydrogen-bond acceptors (Lipinski definition) is 1. The van der Waals surface area contributed by atoms with Crippen LogP contribution in [0.5, 0.6) is 0 Å². The number of hydrogen-bond donors (Lipinski definition) is 1. The maximum absolute atomic E-state index is 11.7. The lowest BCUT2D eigenvalue weighted by molar-refractivity contribution is 0.0698. The van der Waals surface area contributed by atoms with E-state index in [1.165, 1.54) is 5.56 Å². The first-order valence-electron chi connectivity index (χ1n) is 7.42. The maximum Gasteiger partial charge on any atom is 0.337 e. The van der Waals surface area contributed by atoms with Crippen molar-refractivity contribution in [2.45, 2.75) is 52.9 Å². The van der Waals surface area contributed by atoms with E-state index in [4.69, 9.17) is 0 Å². The predicted octanol–water partition coefficient (Wildman–Crippen LogP) is 4.61. The molecule has 0 unspecified atom stereocenters. The van der Waals surface area contributed by atoms with Gasteiger partial charge in [0.25, 0.3) is 0 Å². The first kappa shape index (κ1) is 15.6. The summed E-state index contributed by atoms with van der Waals surface area (Å²) in [5, 5.41) is 10.7. The number of carboxylic acids is 1. The van der Waals surface area contributed by atoms with Gasteiger partial charge in [0, 0.05) is 18.1 Å². The highest BCUT2D eigenvalue weighted by Crippen LogP contribution is 2.36. The SMILES string of the molecule is Cc1c(C(C)C)c2cc(C(C)(C)C)cc(C(=O)O)c2n1C. The van der Waals surface area contributed by atoms with E-state index < -0.39 is 5.97 Å². The molecule has 0 atom stereocenters. The predicted molar refractivity (Wildman–Crippen MR) is 87.4 cm³/mol. The summed E-state index contributed by atoms with van der Waals surface area (Å²) in [5.41, 5.74) is 4.62. The van der Waals surface area contributed by atoms with Crippen LogP contribution in [0.25, 0.3) is 10.9 Å². The summed E-state index contributed by atoms with van der Waals surface area (Å²) in [6.45, 7) is 12.7. The molecule has 114 valence electrons. The number of carbonyl (C=O) groups is 1. The van der Waals surface area contributed by atoms with E-state index >= 15 is 0 Å². The van der Waals surface area contributed by atoms with Gasteiger partial charge in [-0.05, 0) is 41.5 Å². The van der Waals surface area contributed by atoms with Crippen LogP contribution in [0.3, 0.4) is 0 Å². The molecular weight excluding hydrogens is 262 g/mol. The van der Waals surface area contributed by atoms with Crippen LogP contribution in [0.1, 0.15) is 67.7 Å². The first-order chi connectivity index (χ1) is 9.55. The molecule has 0 aliphatic carbocycles. The molecule has 0 spiro atoms. The Morgan fingerprint density at radius 2 is 1.81 bits per heavy atom. The molecule has 0 fully saturated rings. The van der Waals surface area contributed by atoms with E-state index in [2.05, 4.69) is 47.6 Å². The molecule has 1 heterocycles. The Bertz CT molecular complexity index is 715. The van der Waals surface area contributed by atoms with Gasteiger partial charge in [-0.3, -0.25) is 0 Å². The molecule has 0 radical (unpaired) electrons. The van der Waals surface area contributed by atoms with Crippen LogP contribution in [-0.4, -0.2) is 15.6 Å². The zero-order valence-electron chi connectivity index (χ0n) is 14.0. The molecule has 0 amide bonds. The molecule has 3 nitrogen and oxygen atoms in total. The van der Waals surface area contributed by atoms with Crippen LogP contribution in [0.2, 0.25) is 0 Å². The van der Waals surface area contributed by atoms with Gasteiger partial charge in [-0.2, -0.15) is 0 Å². The second kappa shape index (κ2) is 4.90. The molecule has 2 rings (SSSR count). The van der Waals surface area contributed by atoms with E-state index in [0.717, 1.165) is 22.2 Å². The van der Waals surface area contributed by atoms with Crippen molar-refractivity contribution in [1.82, 2.24) is 4.57 Å². The van der Waals surface area contributed by atoms with Crippen LogP contribution in [0.4, 0.5) is 0 Å². The lowest BCUT2D eigenvalue weighted by atomic mass is 9.84. The third kappa shape index (κ3) is 2.45. The van der Waals surface area contributed by atoms with Crippen molar-refractivity contribution in [1.29, 1.82) is 0 Å². The average molecular weight is 287 g/mol. The van der Waals surface area contributed by atoms with Gasteiger partial charge in [0.05, 0.1) is 11.1 Å². The van der Waals surface area contributed by atoms with E-state index in [1.54, 1.807) is 0 Å². The van der Waals surface area contributed by atoms with Crippen molar-refractivity contribution in [3.05, 3.63) is 34.5 Å². The fourth-order valence-corrected chi connectivity index (χ4v) is 3.07. The molecule has 0 aliphatic rings. The Morgan fingerprint density at radius 3 is 2.24 bits per heavy atom. The van der Waals surface area contributed by atoms with Gasteiger partial charge in [-0.1, -0.05) is 34.6 Å². The summed E-state index contributed by atoms with van der Waals surface area (Å²) in [4.78, 5) is 11.7. The molecule has 21 heavy (non-hydrogen) atoms. The molecule has 0 saturated heterocycles. The lowest BCUT2D eigenvalue weighted by Gasteiger charge is -2.20. The lowest BCUT2D eigenvalue weighted by Crippen LogP contribution is -2.13. The minimum atomic E-state index is -0.859. The van der Waals surface area contributed by atoms with Crippen molar-refractivity contribution in [2.75, 3.05) is 0 Å². The Labute approximate surface area is 126 Å². The zero-order chi connectivity index (χ0) is 16.1. The molecule has 0 bridgehead atoms. The Kier molecular flexibility index (Phi) is 3.64. The second-order valence-corrected chi connectivity index (χ2v) is 7.19. The van der Waals surface area contributed by atoms with Crippen LogP contribution >= 0.6 is 0 Å². The molecule has 2 aromatic rings. The number of benzene rings is 1. The van der Waals surface area contributed by atoms with Gasteiger partial charge < -0.3 is 9.67 Å². The van der Waals surface area contributed by atoms with E-state index in [9.17, 15) is 9.90 Å². The van der Waals surface area contributed by atoms with Gasteiger partial charge >= 0.3 is 5.97 Å². The standard InChI is InChI=1S/C18H25NO2/c1-10(2)15-11(3)19(7)16-13(15)8-12(18(4,5)6)9-14(16)17(20)21/h8-10H,1-7H3,(H,20,21). The molecular formula is C18H25NO2. The van der Waals surface area contributed by atoms with Crippen molar-refractivity contribution in [3.63, 3.8) is 0 Å². The number of rotatable bonds is 2. The highest BCUT2D eigenvalue weighted by atomic mass is 16.4. The number of aromatic nitrogens is 1. The van der Waals surface area contributed by atoms with Crippen molar-refractivity contribution < 1.29 is 9.90 Å². The fraction of sp³-hybridized carbons (Fsp3) is 0.500. The minimum absolute atomic E-state index is 0.0730. The Morgan fingerprint density at radius 1 is 1.24 bits per heavy atom. The van der Waals surface area contributed by atoms with Crippen LogP contribution in [0, 0.1) is 6.92 Å². The largest absolute Gasteiger partial charge is 0.478 e. The maximum atomic E-state index is 11.7. The number of carboxylic acid groups (broad SMARTS) is 1. The highest BCUT2D eigenvalue weighted by Gasteiger charge is 2.24. The summed E-state index contributed by atoms with van der Waals surface area (Å²) in [7, 11) is 1.95. The van der Waals surface area contributed by atoms with Crippen molar-refractivity contribution >= 4 is 16.9 Å². The van der Waals surface area contributed by atoms with E-state index in [1.807, 2.05) is 17.7 Å². The molecule has 1 aromatic heterocycles. The quantitative estimate of drug-likeness (QED) is 0.876. The van der Waals surface area contributed by atoms with E-state index in [-0.39, 0.29) is 5.41 Å². The van der Waals surface area contributed by atoms with Gasteiger partial charge in [-0.25, -0.2) is 4.79 Å². The third-order valence-corrected chi connectivity index (χ3v) is 4.30. The highest BCUT2D eigenvalue weighted by molar-refractivity contribution is 6.04. The Balaban J connectivity index is 3.00. The average Bonchev–Trinajstić information content (AvgIpc) is 2.59. The molecule has 1 N–H and O–H groups in total. The fourth-order valence-electron chi connectivity index (χ4n) is 3.07. The molecule has 0 saturated carbocycles. The van der Waals surface area contributed by atoms with E-state index in [0.29, 0.717) is 11.5 Å². The van der Waals surface area contributed by atoms with Crippen LogP contribution in [0.15, 0.2) is 12.1 Å². The molecule has 0 aliphatic heterocycles. The topological polar surface area (TPSA) is 42.2 Å². The molecule has 1 aromatic carbocycles.